The zero-order valence-electron chi connectivity index (χ0n) is 14.5. The molecule has 9 heteroatoms. The molecule has 140 valence electrons. The molecule has 0 saturated carbocycles. The second-order valence-electron chi connectivity index (χ2n) is 5.71. The van der Waals surface area contributed by atoms with Gasteiger partial charge in [0, 0.05) is 18.7 Å². The van der Waals surface area contributed by atoms with E-state index in [1.165, 1.54) is 5.06 Å². The molecule has 9 nitrogen and oxygen atoms in total. The maximum absolute atomic E-state index is 12.0. The minimum absolute atomic E-state index is 0.309. The number of hydrogen-bond acceptors (Lipinski definition) is 8. The Morgan fingerprint density at radius 2 is 2.08 bits per heavy atom. The third-order valence-electron chi connectivity index (χ3n) is 3.71. The summed E-state index contributed by atoms with van der Waals surface area (Å²) in [5.41, 5.74) is 0.843. The van der Waals surface area contributed by atoms with Crippen LogP contribution in [0.15, 0.2) is 30.5 Å². The van der Waals surface area contributed by atoms with Crippen LogP contribution in [0.4, 0.5) is 0 Å². The van der Waals surface area contributed by atoms with Gasteiger partial charge in [-0.15, -0.1) is 10.2 Å². The Kier molecular flexibility index (Phi) is 6.03. The number of rotatable bonds is 6. The normalized spacial score (nSPS) is 16.2. The largest absolute Gasteiger partial charge is 0.436 e. The van der Waals surface area contributed by atoms with Gasteiger partial charge in [0.15, 0.2) is 0 Å². The fraction of sp³-hybridized carbons (Fsp3) is 0.471. The Hall–Kier alpha value is -2.65. The fourth-order valence-electron chi connectivity index (χ4n) is 2.44. The summed E-state index contributed by atoms with van der Waals surface area (Å²) < 4.78 is 17.6. The molecule has 1 atom stereocenters. The van der Waals surface area contributed by atoms with Crippen LogP contribution in [-0.2, 0) is 23.9 Å². The van der Waals surface area contributed by atoms with E-state index in [9.17, 15) is 9.59 Å². The zero-order chi connectivity index (χ0) is 18.4. The van der Waals surface area contributed by atoms with Crippen molar-refractivity contribution in [2.45, 2.75) is 26.1 Å². The third-order valence-corrected chi connectivity index (χ3v) is 3.71. The second-order valence-corrected chi connectivity index (χ2v) is 5.71. The Bertz CT molecular complexity index is 723. The van der Waals surface area contributed by atoms with E-state index in [-0.39, 0.29) is 0 Å². The first-order valence-corrected chi connectivity index (χ1v) is 8.52. The van der Waals surface area contributed by atoms with E-state index < -0.39 is 18.2 Å². The Labute approximate surface area is 150 Å². The molecule has 26 heavy (non-hydrogen) atoms. The molecule has 1 aliphatic heterocycles. The van der Waals surface area contributed by atoms with Gasteiger partial charge in [0.1, 0.15) is 0 Å². The van der Waals surface area contributed by atoms with Crippen LogP contribution in [0.5, 0.6) is 5.88 Å². The van der Waals surface area contributed by atoms with E-state index in [4.69, 9.17) is 19.0 Å². The minimum Gasteiger partial charge on any atom is -0.436 e. The van der Waals surface area contributed by atoms with Crippen LogP contribution in [0.25, 0.3) is 5.52 Å². The van der Waals surface area contributed by atoms with Crippen molar-refractivity contribution >= 4 is 17.5 Å². The lowest BCUT2D eigenvalue weighted by Crippen LogP contribution is -2.40. The zero-order valence-corrected chi connectivity index (χ0v) is 14.5. The van der Waals surface area contributed by atoms with E-state index in [1.54, 1.807) is 16.8 Å². The van der Waals surface area contributed by atoms with Gasteiger partial charge in [-0.3, -0.25) is 0 Å². The van der Waals surface area contributed by atoms with E-state index in [0.717, 1.165) is 5.52 Å². The van der Waals surface area contributed by atoms with Crippen LogP contribution in [0.2, 0.25) is 0 Å². The lowest BCUT2D eigenvalue weighted by molar-refractivity contribution is -0.216. The first-order chi connectivity index (χ1) is 12.7. The number of hydrogen-bond donors (Lipinski definition) is 0. The molecule has 1 fully saturated rings. The SMILES string of the molecule is CCCC(OC(=O)C(=O)ON1CCOCC1)Oc1cc2ccccn2n1. The molecule has 0 radical (unpaired) electrons. The summed E-state index contributed by atoms with van der Waals surface area (Å²) in [4.78, 5) is 28.9. The highest BCUT2D eigenvalue weighted by atomic mass is 16.8. The van der Waals surface area contributed by atoms with Gasteiger partial charge in [-0.05, 0) is 18.6 Å². The molecule has 3 heterocycles. The van der Waals surface area contributed by atoms with Crippen LogP contribution in [0.1, 0.15) is 19.8 Å². The molecule has 0 amide bonds. The first kappa shape index (κ1) is 18.2. The van der Waals surface area contributed by atoms with Crippen LogP contribution >= 0.6 is 0 Å². The van der Waals surface area contributed by atoms with Crippen molar-refractivity contribution < 1.29 is 28.6 Å². The molecular formula is C17H21N3O6. The van der Waals surface area contributed by atoms with Crippen molar-refractivity contribution in [1.29, 1.82) is 0 Å². The number of ether oxygens (including phenoxy) is 3. The Balaban J connectivity index is 1.58. The predicted octanol–water partition coefficient (Wildman–Crippen LogP) is 1.17. The highest BCUT2D eigenvalue weighted by Crippen LogP contribution is 2.16. The van der Waals surface area contributed by atoms with Crippen LogP contribution < -0.4 is 4.74 Å². The minimum atomic E-state index is -1.10. The summed E-state index contributed by atoms with van der Waals surface area (Å²) in [6.45, 7) is 3.62. The van der Waals surface area contributed by atoms with E-state index in [1.807, 2.05) is 25.1 Å². The molecule has 1 saturated heterocycles. The maximum atomic E-state index is 12.0. The first-order valence-electron chi connectivity index (χ1n) is 8.52. The molecule has 0 aliphatic carbocycles. The number of fused-ring (bicyclic) bond motifs is 1. The average Bonchev–Trinajstić information content (AvgIpc) is 3.05. The summed E-state index contributed by atoms with van der Waals surface area (Å²) in [7, 11) is 0. The van der Waals surface area contributed by atoms with Gasteiger partial charge in [0.05, 0.1) is 31.8 Å². The van der Waals surface area contributed by atoms with Gasteiger partial charge < -0.3 is 19.0 Å². The second kappa shape index (κ2) is 8.63. The molecule has 1 unspecified atom stereocenters. The fourth-order valence-corrected chi connectivity index (χ4v) is 2.44. The molecule has 0 aromatic carbocycles. The number of carbonyl (C=O) groups is 2. The number of aromatic nitrogens is 2. The Morgan fingerprint density at radius 3 is 2.81 bits per heavy atom. The van der Waals surface area contributed by atoms with E-state index in [0.29, 0.717) is 45.0 Å². The standard InChI is InChI=1S/C17H21N3O6/c1-2-5-15(24-14-12-13-6-3-4-7-20(13)18-14)25-16(21)17(22)26-19-8-10-23-11-9-19/h3-4,6-7,12,15H,2,5,8-11H2,1H3. The third kappa shape index (κ3) is 4.70. The molecule has 0 bridgehead atoms. The van der Waals surface area contributed by atoms with Gasteiger partial charge in [-0.2, -0.15) is 0 Å². The van der Waals surface area contributed by atoms with Crippen LogP contribution in [0, 0.1) is 0 Å². The molecule has 0 N–H and O–H groups in total. The van der Waals surface area contributed by atoms with E-state index >= 15 is 0 Å². The highest BCUT2D eigenvalue weighted by Gasteiger charge is 2.27. The quantitative estimate of drug-likeness (QED) is 0.429. The average molecular weight is 363 g/mol. The number of nitrogens with zero attached hydrogens (tertiary/aromatic N) is 3. The van der Waals surface area contributed by atoms with Crippen LogP contribution in [-0.4, -0.2) is 59.2 Å². The molecule has 1 aliphatic rings. The molecule has 0 spiro atoms. The molecule has 3 rings (SSSR count). The van der Waals surface area contributed by atoms with Crippen molar-refractivity contribution in [1.82, 2.24) is 14.7 Å². The summed E-state index contributed by atoms with van der Waals surface area (Å²) in [5.74, 6) is -1.87. The maximum Gasteiger partial charge on any atom is 0.436 e. The number of pyridine rings is 1. The molecule has 2 aromatic heterocycles. The Morgan fingerprint density at radius 1 is 1.27 bits per heavy atom. The van der Waals surface area contributed by atoms with Crippen LogP contribution in [0.3, 0.4) is 0 Å². The smallest absolute Gasteiger partial charge is 0.436 e. The molecule has 2 aromatic rings. The number of hydroxylamine groups is 2. The van der Waals surface area contributed by atoms with Crippen molar-refractivity contribution in [2.75, 3.05) is 26.3 Å². The number of carbonyl (C=O) groups excluding carboxylic acids is 2. The lowest BCUT2D eigenvalue weighted by Gasteiger charge is -2.24. The highest BCUT2D eigenvalue weighted by molar-refractivity contribution is 6.29. The van der Waals surface area contributed by atoms with Crippen molar-refractivity contribution in [2.24, 2.45) is 0 Å². The number of esters is 1. The van der Waals surface area contributed by atoms with Gasteiger partial charge in [0.25, 0.3) is 0 Å². The number of morpholine rings is 1. The van der Waals surface area contributed by atoms with Gasteiger partial charge in [0.2, 0.25) is 12.2 Å². The van der Waals surface area contributed by atoms with E-state index in [2.05, 4.69) is 5.10 Å². The lowest BCUT2D eigenvalue weighted by atomic mass is 10.3. The van der Waals surface area contributed by atoms with Crippen molar-refractivity contribution in [3.05, 3.63) is 30.5 Å². The van der Waals surface area contributed by atoms with Crippen molar-refractivity contribution in [3.8, 4) is 5.88 Å². The summed E-state index contributed by atoms with van der Waals surface area (Å²) in [6.07, 6.45) is 1.98. The monoisotopic (exact) mass is 363 g/mol. The van der Waals surface area contributed by atoms with Gasteiger partial charge in [-0.25, -0.2) is 14.1 Å². The topological polar surface area (TPSA) is 91.6 Å². The van der Waals surface area contributed by atoms with Crippen molar-refractivity contribution in [3.63, 3.8) is 0 Å². The summed E-state index contributed by atoms with van der Waals surface area (Å²) >= 11 is 0. The summed E-state index contributed by atoms with van der Waals surface area (Å²) in [6, 6.07) is 7.32. The summed E-state index contributed by atoms with van der Waals surface area (Å²) in [5, 5.41) is 5.63. The molecular weight excluding hydrogens is 342 g/mol. The predicted molar refractivity (Wildman–Crippen MR) is 89.1 cm³/mol. The van der Waals surface area contributed by atoms with Gasteiger partial charge in [-0.1, -0.05) is 13.0 Å². The van der Waals surface area contributed by atoms with Gasteiger partial charge >= 0.3 is 11.9 Å².